The van der Waals surface area contributed by atoms with Crippen molar-refractivity contribution < 1.29 is 13.2 Å². The summed E-state index contributed by atoms with van der Waals surface area (Å²) in [5.41, 5.74) is 0.857. The summed E-state index contributed by atoms with van der Waals surface area (Å²) < 4.78 is 29.1. The molecule has 1 aliphatic rings. The average molecular weight is 332 g/mol. The number of hydrogen-bond acceptors (Lipinski definition) is 4. The van der Waals surface area contributed by atoms with Crippen LogP contribution in [0.5, 0.6) is 5.75 Å². The number of benzene rings is 1. The Bertz CT molecular complexity index is 587. The van der Waals surface area contributed by atoms with Gasteiger partial charge in [-0.1, -0.05) is 11.6 Å². The van der Waals surface area contributed by atoms with E-state index >= 15 is 0 Å². The third-order valence-electron chi connectivity index (χ3n) is 3.44. The maximum absolute atomic E-state index is 11.7. The molecule has 4 nitrogen and oxygen atoms in total. The van der Waals surface area contributed by atoms with Crippen molar-refractivity contribution in [3.8, 4) is 5.75 Å². The van der Waals surface area contributed by atoms with Crippen LogP contribution in [-0.2, 0) is 9.84 Å². The SMILES string of the molecule is CC(C)Oc1cc(Cl)ccc1NCC1CCCS(=O)(=O)C1. The minimum Gasteiger partial charge on any atom is -0.489 e. The molecule has 21 heavy (non-hydrogen) atoms. The smallest absolute Gasteiger partial charge is 0.150 e. The second kappa shape index (κ2) is 6.88. The second-order valence-corrected chi connectivity index (χ2v) is 8.48. The van der Waals surface area contributed by atoms with E-state index in [1.807, 2.05) is 19.9 Å². The summed E-state index contributed by atoms with van der Waals surface area (Å²) in [6.45, 7) is 4.55. The molecule has 118 valence electrons. The van der Waals surface area contributed by atoms with Gasteiger partial charge in [-0.25, -0.2) is 8.42 Å². The fraction of sp³-hybridized carbons (Fsp3) is 0.600. The zero-order chi connectivity index (χ0) is 15.5. The number of rotatable bonds is 5. The molecule has 1 atom stereocenters. The molecule has 0 bridgehead atoms. The van der Waals surface area contributed by atoms with Gasteiger partial charge in [0.15, 0.2) is 9.84 Å². The van der Waals surface area contributed by atoms with Crippen LogP contribution in [0.2, 0.25) is 5.02 Å². The van der Waals surface area contributed by atoms with Gasteiger partial charge in [0, 0.05) is 17.6 Å². The van der Waals surface area contributed by atoms with Crippen LogP contribution in [0, 0.1) is 5.92 Å². The van der Waals surface area contributed by atoms with Crippen molar-refractivity contribution in [3.63, 3.8) is 0 Å². The number of nitrogens with one attached hydrogen (secondary N) is 1. The van der Waals surface area contributed by atoms with Gasteiger partial charge in [0.1, 0.15) is 5.75 Å². The maximum Gasteiger partial charge on any atom is 0.150 e. The minimum absolute atomic E-state index is 0.0547. The molecule has 1 fully saturated rings. The summed E-state index contributed by atoms with van der Waals surface area (Å²) in [4.78, 5) is 0. The van der Waals surface area contributed by atoms with E-state index in [1.165, 1.54) is 0 Å². The normalized spacial score (nSPS) is 21.2. The molecule has 1 heterocycles. The molecule has 1 N–H and O–H groups in total. The van der Waals surface area contributed by atoms with E-state index in [0.717, 1.165) is 18.5 Å². The predicted molar refractivity (Wildman–Crippen MR) is 87.1 cm³/mol. The zero-order valence-corrected chi connectivity index (χ0v) is 14.0. The first-order valence-corrected chi connectivity index (χ1v) is 9.46. The van der Waals surface area contributed by atoms with Crippen LogP contribution in [0.1, 0.15) is 26.7 Å². The highest BCUT2D eigenvalue weighted by Gasteiger charge is 2.24. The van der Waals surface area contributed by atoms with E-state index in [0.29, 0.717) is 23.1 Å². The molecule has 0 spiro atoms. The highest BCUT2D eigenvalue weighted by molar-refractivity contribution is 7.91. The second-order valence-electron chi connectivity index (χ2n) is 5.81. The molecule has 1 aromatic rings. The summed E-state index contributed by atoms with van der Waals surface area (Å²) in [6.07, 6.45) is 1.75. The third-order valence-corrected chi connectivity index (χ3v) is 5.57. The van der Waals surface area contributed by atoms with Gasteiger partial charge >= 0.3 is 0 Å². The van der Waals surface area contributed by atoms with Crippen molar-refractivity contribution in [2.45, 2.75) is 32.8 Å². The van der Waals surface area contributed by atoms with E-state index < -0.39 is 9.84 Å². The topological polar surface area (TPSA) is 55.4 Å². The lowest BCUT2D eigenvalue weighted by atomic mass is 10.1. The highest BCUT2D eigenvalue weighted by atomic mass is 35.5. The Morgan fingerprint density at radius 1 is 1.43 bits per heavy atom. The van der Waals surface area contributed by atoms with E-state index in [1.54, 1.807) is 12.1 Å². The molecule has 1 saturated heterocycles. The molecule has 1 aliphatic heterocycles. The van der Waals surface area contributed by atoms with Crippen molar-refractivity contribution in [2.24, 2.45) is 5.92 Å². The van der Waals surface area contributed by atoms with E-state index in [4.69, 9.17) is 16.3 Å². The lowest BCUT2D eigenvalue weighted by Crippen LogP contribution is -2.29. The first-order chi connectivity index (χ1) is 9.85. The van der Waals surface area contributed by atoms with Crippen LogP contribution in [0.3, 0.4) is 0 Å². The molecule has 1 unspecified atom stereocenters. The summed E-state index contributed by atoms with van der Waals surface area (Å²) >= 11 is 6.00. The monoisotopic (exact) mass is 331 g/mol. The van der Waals surface area contributed by atoms with Gasteiger partial charge in [-0.15, -0.1) is 0 Å². The Hall–Kier alpha value is -0.940. The highest BCUT2D eigenvalue weighted by Crippen LogP contribution is 2.30. The lowest BCUT2D eigenvalue weighted by Gasteiger charge is -2.23. The number of ether oxygens (including phenoxy) is 1. The quantitative estimate of drug-likeness (QED) is 0.898. The Kier molecular flexibility index (Phi) is 5.38. The van der Waals surface area contributed by atoms with Crippen LogP contribution in [-0.4, -0.2) is 32.6 Å². The van der Waals surface area contributed by atoms with Gasteiger partial charge in [0.25, 0.3) is 0 Å². The van der Waals surface area contributed by atoms with E-state index in [9.17, 15) is 8.42 Å². The fourth-order valence-electron chi connectivity index (χ4n) is 2.53. The van der Waals surface area contributed by atoms with Gasteiger partial charge in [0.05, 0.1) is 23.3 Å². The average Bonchev–Trinajstić information content (AvgIpc) is 2.36. The van der Waals surface area contributed by atoms with Gasteiger partial charge in [-0.3, -0.25) is 0 Å². The molecule has 0 radical (unpaired) electrons. The zero-order valence-electron chi connectivity index (χ0n) is 12.4. The molecule has 0 saturated carbocycles. The Balaban J connectivity index is 2.02. The molecular formula is C15H22ClNO3S. The first-order valence-electron chi connectivity index (χ1n) is 7.26. The molecule has 0 amide bonds. The minimum atomic E-state index is -2.86. The van der Waals surface area contributed by atoms with Crippen LogP contribution < -0.4 is 10.1 Å². The van der Waals surface area contributed by atoms with Crippen molar-refractivity contribution in [3.05, 3.63) is 23.2 Å². The Morgan fingerprint density at radius 2 is 2.19 bits per heavy atom. The van der Waals surface area contributed by atoms with Crippen molar-refractivity contribution >= 4 is 27.1 Å². The lowest BCUT2D eigenvalue weighted by molar-refractivity contribution is 0.243. The summed E-state index contributed by atoms with van der Waals surface area (Å²) in [7, 11) is -2.86. The largest absolute Gasteiger partial charge is 0.489 e. The third kappa shape index (κ3) is 5.08. The van der Waals surface area contributed by atoms with Gasteiger partial charge < -0.3 is 10.1 Å². The first kappa shape index (κ1) is 16.4. The van der Waals surface area contributed by atoms with Gasteiger partial charge in [-0.2, -0.15) is 0 Å². The van der Waals surface area contributed by atoms with Crippen LogP contribution in [0.4, 0.5) is 5.69 Å². The van der Waals surface area contributed by atoms with E-state index in [2.05, 4.69) is 5.32 Å². The van der Waals surface area contributed by atoms with Crippen LogP contribution in [0.15, 0.2) is 18.2 Å². The van der Waals surface area contributed by atoms with Gasteiger partial charge in [-0.05, 0) is 44.7 Å². The van der Waals surface area contributed by atoms with Crippen molar-refractivity contribution in [2.75, 3.05) is 23.4 Å². The number of halogens is 1. The molecule has 1 aromatic carbocycles. The Labute approximate surface area is 131 Å². The number of hydrogen-bond donors (Lipinski definition) is 1. The molecule has 2 rings (SSSR count). The molecule has 0 aromatic heterocycles. The molecular weight excluding hydrogens is 310 g/mol. The number of anilines is 1. The van der Waals surface area contributed by atoms with E-state index in [-0.39, 0.29) is 17.8 Å². The summed E-state index contributed by atoms with van der Waals surface area (Å²) in [6, 6.07) is 5.45. The van der Waals surface area contributed by atoms with Crippen LogP contribution >= 0.6 is 11.6 Å². The fourth-order valence-corrected chi connectivity index (χ4v) is 4.46. The van der Waals surface area contributed by atoms with Crippen molar-refractivity contribution in [1.29, 1.82) is 0 Å². The summed E-state index contributed by atoms with van der Waals surface area (Å²) in [5, 5.41) is 3.93. The molecule has 0 aliphatic carbocycles. The summed E-state index contributed by atoms with van der Waals surface area (Å²) in [5.74, 6) is 1.46. The van der Waals surface area contributed by atoms with Gasteiger partial charge in [0.2, 0.25) is 0 Å². The molecule has 6 heteroatoms. The standard InChI is InChI=1S/C15H22ClNO3S/c1-11(2)20-15-8-13(16)5-6-14(15)17-9-12-4-3-7-21(18,19)10-12/h5-6,8,11-12,17H,3-4,7,9-10H2,1-2H3. The maximum atomic E-state index is 11.7. The Morgan fingerprint density at radius 3 is 2.86 bits per heavy atom. The predicted octanol–water partition coefficient (Wildman–Crippen LogP) is 3.36. The van der Waals surface area contributed by atoms with Crippen LogP contribution in [0.25, 0.3) is 0 Å². The number of sulfone groups is 1. The van der Waals surface area contributed by atoms with Crippen molar-refractivity contribution in [1.82, 2.24) is 0 Å².